The number of aryl methyl sites for hydroxylation is 4. The molecular weight excluding hydrogens is 474 g/mol. The van der Waals surface area contributed by atoms with Gasteiger partial charge in [0.05, 0.1) is 12.1 Å². The van der Waals surface area contributed by atoms with E-state index in [4.69, 9.17) is 9.82 Å². The lowest BCUT2D eigenvalue weighted by atomic mass is 9.76. The van der Waals surface area contributed by atoms with E-state index in [1.165, 1.54) is 10.6 Å². The second kappa shape index (κ2) is 11.2. The average Bonchev–Trinajstić information content (AvgIpc) is 3.25. The maximum absolute atomic E-state index is 13.2. The summed E-state index contributed by atoms with van der Waals surface area (Å²) >= 11 is 0. The second-order valence-electron chi connectivity index (χ2n) is 10.7. The zero-order chi connectivity index (χ0) is 25.9. The van der Waals surface area contributed by atoms with Crippen molar-refractivity contribution in [2.75, 3.05) is 18.5 Å². The van der Waals surface area contributed by atoms with E-state index in [0.29, 0.717) is 18.8 Å². The van der Waals surface area contributed by atoms with Crippen molar-refractivity contribution in [3.8, 4) is 0 Å². The predicted molar refractivity (Wildman–Crippen MR) is 136 cm³/mol. The van der Waals surface area contributed by atoms with Crippen LogP contribution in [-0.2, 0) is 47.2 Å². The second-order valence-corrected chi connectivity index (χ2v) is 10.7. The highest BCUT2D eigenvalue weighted by Gasteiger charge is 2.43. The number of hydrogen-bond donors (Lipinski definition) is 3. The Hall–Kier alpha value is -2.98. The van der Waals surface area contributed by atoms with Crippen LogP contribution in [0, 0.1) is 11.8 Å². The molecule has 3 heterocycles. The number of carboxylic acid groups (broad SMARTS) is 1. The fraction of sp³-hybridized carbons (Fsp3) is 0.630. The monoisotopic (exact) mass is 511 g/mol. The van der Waals surface area contributed by atoms with Gasteiger partial charge < -0.3 is 20.4 Å². The topological polar surface area (TPSA) is 130 Å². The summed E-state index contributed by atoms with van der Waals surface area (Å²) in [5.41, 5.74) is 4.52. The number of aromatic nitrogens is 3. The third-order valence-electron chi connectivity index (χ3n) is 8.20. The van der Waals surface area contributed by atoms with E-state index in [1.807, 2.05) is 13.2 Å². The van der Waals surface area contributed by atoms with E-state index in [2.05, 4.69) is 22.5 Å². The first-order valence-corrected chi connectivity index (χ1v) is 13.5. The van der Waals surface area contributed by atoms with Crippen molar-refractivity contribution in [3.05, 3.63) is 40.8 Å². The van der Waals surface area contributed by atoms with E-state index in [-0.39, 0.29) is 25.0 Å². The Morgan fingerprint density at radius 1 is 1.27 bits per heavy atom. The number of aliphatic hydroxyl groups is 1. The van der Waals surface area contributed by atoms with Gasteiger partial charge in [-0.2, -0.15) is 5.10 Å². The van der Waals surface area contributed by atoms with Gasteiger partial charge >= 0.3 is 11.9 Å². The van der Waals surface area contributed by atoms with Crippen LogP contribution in [0.4, 0.5) is 5.82 Å². The number of hydrogen-bond acceptors (Lipinski definition) is 8. The Bertz CT molecular complexity index is 1130. The van der Waals surface area contributed by atoms with E-state index in [0.717, 1.165) is 74.3 Å². The summed E-state index contributed by atoms with van der Waals surface area (Å²) in [6.07, 6.45) is 9.31. The quantitative estimate of drug-likeness (QED) is 0.411. The van der Waals surface area contributed by atoms with Gasteiger partial charge in [-0.25, -0.2) is 4.98 Å². The number of pyridine rings is 1. The Morgan fingerprint density at radius 2 is 2.11 bits per heavy atom. The van der Waals surface area contributed by atoms with E-state index in [1.54, 1.807) is 4.68 Å². The third kappa shape index (κ3) is 5.65. The molecular formula is C27H37N5O5. The van der Waals surface area contributed by atoms with E-state index >= 15 is 0 Å². The summed E-state index contributed by atoms with van der Waals surface area (Å²) < 4.78 is 1.79. The van der Waals surface area contributed by atoms with Gasteiger partial charge in [0.25, 0.3) is 0 Å². The van der Waals surface area contributed by atoms with Crippen LogP contribution in [-0.4, -0.2) is 67.2 Å². The van der Waals surface area contributed by atoms with Crippen molar-refractivity contribution in [1.29, 1.82) is 0 Å². The van der Waals surface area contributed by atoms with Gasteiger partial charge in [-0.05, 0) is 80.9 Å². The molecule has 200 valence electrons. The van der Waals surface area contributed by atoms with Crippen LogP contribution < -0.4 is 5.32 Å². The van der Waals surface area contributed by atoms with Crippen LogP contribution in [0.5, 0.6) is 0 Å². The van der Waals surface area contributed by atoms with Crippen LogP contribution in [0.15, 0.2) is 18.3 Å². The summed E-state index contributed by atoms with van der Waals surface area (Å²) in [7, 11) is 1.87. The first-order valence-electron chi connectivity index (χ1n) is 13.5. The van der Waals surface area contributed by atoms with E-state index < -0.39 is 18.0 Å². The molecule has 0 saturated heterocycles. The van der Waals surface area contributed by atoms with Gasteiger partial charge in [0, 0.05) is 44.0 Å². The van der Waals surface area contributed by atoms with Crippen molar-refractivity contribution in [1.82, 2.24) is 19.8 Å². The average molecular weight is 512 g/mol. The molecule has 2 atom stereocenters. The zero-order valence-corrected chi connectivity index (χ0v) is 21.4. The smallest absolute Gasteiger partial charge is 0.328 e. The molecule has 3 N–H and O–H groups in total. The molecule has 2 aromatic rings. The molecule has 0 amide bonds. The van der Waals surface area contributed by atoms with Crippen LogP contribution in [0.3, 0.4) is 0 Å². The van der Waals surface area contributed by atoms with Crippen molar-refractivity contribution in [3.63, 3.8) is 0 Å². The lowest BCUT2D eigenvalue weighted by molar-refractivity contribution is -0.237. The minimum Gasteiger partial charge on any atom is -0.480 e. The third-order valence-corrected chi connectivity index (χ3v) is 8.20. The number of hydroxylamine groups is 2. The molecule has 0 aromatic carbocycles. The number of aliphatic carboxylic acids is 1. The first kappa shape index (κ1) is 25.7. The number of carbonyl (C=O) groups is 2. The Labute approximate surface area is 217 Å². The molecule has 2 aliphatic carbocycles. The maximum Gasteiger partial charge on any atom is 0.328 e. The number of rotatable bonds is 10. The van der Waals surface area contributed by atoms with Crippen LogP contribution in [0.2, 0.25) is 0 Å². The van der Waals surface area contributed by atoms with Gasteiger partial charge in [0.1, 0.15) is 11.9 Å². The fourth-order valence-corrected chi connectivity index (χ4v) is 5.90. The van der Waals surface area contributed by atoms with Gasteiger partial charge in [-0.15, -0.1) is 5.06 Å². The molecule has 10 heteroatoms. The molecule has 0 radical (unpaired) electrons. The number of anilines is 1. The Morgan fingerprint density at radius 3 is 2.89 bits per heavy atom. The summed E-state index contributed by atoms with van der Waals surface area (Å²) in [6.45, 7) is 0.673. The Balaban J connectivity index is 1.19. The normalized spacial score (nSPS) is 23.4. The fourth-order valence-electron chi connectivity index (χ4n) is 5.90. The molecule has 2 aromatic heterocycles. The lowest BCUT2D eigenvalue weighted by Gasteiger charge is -2.44. The zero-order valence-electron chi connectivity index (χ0n) is 21.4. The number of nitrogens with zero attached hydrogens (tertiary/aromatic N) is 4. The summed E-state index contributed by atoms with van der Waals surface area (Å²) in [5.74, 6) is -0.415. The van der Waals surface area contributed by atoms with Gasteiger partial charge in [-0.3, -0.25) is 14.3 Å². The molecule has 0 bridgehead atoms. The molecule has 37 heavy (non-hydrogen) atoms. The number of fused-ring (bicyclic) bond motifs is 2. The largest absolute Gasteiger partial charge is 0.480 e. The molecule has 3 aliphatic rings. The number of nitrogens with one attached hydrogen (secondary N) is 1. The first-order chi connectivity index (χ1) is 17.9. The molecule has 1 aliphatic heterocycles. The molecule has 0 spiro atoms. The predicted octanol–water partition coefficient (Wildman–Crippen LogP) is 2.29. The minimum atomic E-state index is -1.09. The van der Waals surface area contributed by atoms with Gasteiger partial charge in [0.2, 0.25) is 0 Å². The van der Waals surface area contributed by atoms with Gasteiger partial charge in [-0.1, -0.05) is 6.07 Å². The summed E-state index contributed by atoms with van der Waals surface area (Å²) in [6, 6.07) is 3.04. The SMILES string of the molecule is Cn1ncc2c1CC(C(=O)ON(C1CC(CCc3ccc4c(n3)NCCC4)C1)[C@@H](CCO)C(=O)O)CC2. The molecule has 1 unspecified atom stereocenters. The van der Waals surface area contributed by atoms with Crippen molar-refractivity contribution in [2.24, 2.45) is 18.9 Å². The number of carbonyl (C=O) groups excluding carboxylic acids is 1. The number of carboxylic acids is 1. The molecule has 1 saturated carbocycles. The molecule has 10 nitrogen and oxygen atoms in total. The minimum absolute atomic E-state index is 0.00632. The highest BCUT2D eigenvalue weighted by atomic mass is 16.7. The van der Waals surface area contributed by atoms with Crippen LogP contribution >= 0.6 is 0 Å². The molecule has 5 rings (SSSR count). The summed E-state index contributed by atoms with van der Waals surface area (Å²) in [5, 5.41) is 28.4. The molecule has 1 fully saturated rings. The van der Waals surface area contributed by atoms with Crippen molar-refractivity contribution >= 4 is 17.8 Å². The van der Waals surface area contributed by atoms with Crippen molar-refractivity contribution in [2.45, 2.75) is 76.3 Å². The Kier molecular flexibility index (Phi) is 7.76. The van der Waals surface area contributed by atoms with E-state index in [9.17, 15) is 19.8 Å². The highest BCUT2D eigenvalue weighted by Crippen LogP contribution is 2.37. The van der Waals surface area contributed by atoms with Gasteiger partial charge in [0.15, 0.2) is 0 Å². The highest BCUT2D eigenvalue weighted by molar-refractivity contribution is 5.75. The summed E-state index contributed by atoms with van der Waals surface area (Å²) in [4.78, 5) is 35.8. The van der Waals surface area contributed by atoms with Crippen LogP contribution in [0.1, 0.15) is 61.0 Å². The number of aliphatic hydroxyl groups excluding tert-OH is 1. The van der Waals surface area contributed by atoms with Crippen molar-refractivity contribution < 1.29 is 24.6 Å². The standard InChI is InChI=1S/C27H37N5O5/c1-31-24-15-19(5-6-20(24)16-29-31)27(36)37-32(23(10-12-33)26(34)35)22-13-17(14-22)4-8-21-9-7-18-3-2-11-28-25(18)30-21/h7,9,16-17,19,22-23,33H,2-6,8,10-15H2,1H3,(H,28,30)(H,34,35)/t17?,19?,22?,23-/m0/s1. The maximum atomic E-state index is 13.2. The van der Waals surface area contributed by atoms with Crippen LogP contribution in [0.25, 0.3) is 0 Å². The lowest BCUT2D eigenvalue weighted by Crippen LogP contribution is -2.54.